The zero-order valence-electron chi connectivity index (χ0n) is 15.8. The Morgan fingerprint density at radius 3 is 1.62 bits per heavy atom. The Morgan fingerprint density at radius 1 is 0.583 bits per heavy atom. The molecule has 0 radical (unpaired) electrons. The SMILES string of the molecule is Cc1c(C)c(C)c2c(c1C)NC(=O)c1c(C)c(C)c(C)c(C)c1S2. The van der Waals surface area contributed by atoms with E-state index >= 15 is 0 Å². The molecule has 0 spiro atoms. The Labute approximate surface area is 149 Å². The van der Waals surface area contributed by atoms with Crippen LogP contribution in [0.1, 0.15) is 54.9 Å². The fourth-order valence-electron chi connectivity index (χ4n) is 3.51. The molecule has 1 aliphatic rings. The largest absolute Gasteiger partial charge is 0.321 e. The summed E-state index contributed by atoms with van der Waals surface area (Å²) in [6, 6.07) is 0. The molecule has 0 atom stereocenters. The zero-order valence-corrected chi connectivity index (χ0v) is 16.6. The Morgan fingerprint density at radius 2 is 1.04 bits per heavy atom. The van der Waals surface area contributed by atoms with Crippen LogP contribution >= 0.6 is 11.8 Å². The summed E-state index contributed by atoms with van der Waals surface area (Å²) < 4.78 is 0. The van der Waals surface area contributed by atoms with E-state index in [9.17, 15) is 4.79 Å². The third-order valence-corrected chi connectivity index (χ3v) is 7.36. The van der Waals surface area contributed by atoms with E-state index in [-0.39, 0.29) is 5.91 Å². The van der Waals surface area contributed by atoms with Crippen molar-refractivity contribution in [2.45, 2.75) is 65.2 Å². The van der Waals surface area contributed by atoms with E-state index in [0.717, 1.165) is 21.7 Å². The first-order valence-electron chi connectivity index (χ1n) is 8.36. The summed E-state index contributed by atoms with van der Waals surface area (Å²) in [7, 11) is 0. The lowest BCUT2D eigenvalue weighted by Gasteiger charge is -2.19. The minimum atomic E-state index is 0.0192. The van der Waals surface area contributed by atoms with Gasteiger partial charge >= 0.3 is 0 Å². The second-order valence-electron chi connectivity index (χ2n) is 6.96. The van der Waals surface area contributed by atoms with Crippen LogP contribution in [0, 0.1) is 55.4 Å². The molecule has 3 heteroatoms. The van der Waals surface area contributed by atoms with Crippen LogP contribution in [0.2, 0.25) is 0 Å². The predicted octanol–water partition coefficient (Wildman–Crippen LogP) is 5.87. The molecule has 3 rings (SSSR count). The van der Waals surface area contributed by atoms with E-state index in [0.29, 0.717) is 0 Å². The van der Waals surface area contributed by atoms with Crippen molar-refractivity contribution in [3.05, 3.63) is 50.1 Å². The van der Waals surface area contributed by atoms with Crippen molar-refractivity contribution in [1.29, 1.82) is 0 Å². The van der Waals surface area contributed by atoms with Gasteiger partial charge in [0.25, 0.3) is 5.91 Å². The summed E-state index contributed by atoms with van der Waals surface area (Å²) in [6.07, 6.45) is 0. The Bertz CT molecular complexity index is 910. The molecule has 0 aliphatic carbocycles. The number of benzene rings is 2. The van der Waals surface area contributed by atoms with Gasteiger partial charge in [0.15, 0.2) is 0 Å². The average molecular weight is 340 g/mol. The molecule has 0 saturated carbocycles. The Balaban J connectivity index is 2.40. The fourth-order valence-corrected chi connectivity index (χ4v) is 4.98. The number of rotatable bonds is 0. The molecule has 0 fully saturated rings. The van der Waals surface area contributed by atoms with Crippen LogP contribution in [0.25, 0.3) is 0 Å². The van der Waals surface area contributed by atoms with Crippen LogP contribution in [0.4, 0.5) is 5.69 Å². The van der Waals surface area contributed by atoms with Gasteiger partial charge in [-0.3, -0.25) is 4.79 Å². The number of carbonyl (C=O) groups is 1. The third-order valence-electron chi connectivity index (χ3n) is 5.93. The molecule has 1 aliphatic heterocycles. The summed E-state index contributed by atoms with van der Waals surface area (Å²) >= 11 is 1.75. The van der Waals surface area contributed by atoms with E-state index in [1.165, 1.54) is 43.8 Å². The molecule has 1 amide bonds. The van der Waals surface area contributed by atoms with Crippen LogP contribution in [0.15, 0.2) is 9.79 Å². The van der Waals surface area contributed by atoms with Crippen molar-refractivity contribution in [1.82, 2.24) is 0 Å². The Hall–Kier alpha value is -1.74. The molecule has 0 aromatic heterocycles. The highest BCUT2D eigenvalue weighted by atomic mass is 32.2. The van der Waals surface area contributed by atoms with Gasteiger partial charge in [-0.15, -0.1) is 0 Å². The highest BCUT2D eigenvalue weighted by molar-refractivity contribution is 7.99. The number of anilines is 1. The quantitative estimate of drug-likeness (QED) is 0.650. The molecule has 2 nitrogen and oxygen atoms in total. The summed E-state index contributed by atoms with van der Waals surface area (Å²) in [5.41, 5.74) is 11.6. The maximum Gasteiger partial charge on any atom is 0.257 e. The van der Waals surface area contributed by atoms with Gasteiger partial charge in [0.05, 0.1) is 11.3 Å². The van der Waals surface area contributed by atoms with Crippen molar-refractivity contribution in [2.24, 2.45) is 0 Å². The van der Waals surface area contributed by atoms with Crippen LogP contribution in [0.3, 0.4) is 0 Å². The van der Waals surface area contributed by atoms with Crippen molar-refractivity contribution >= 4 is 23.4 Å². The molecule has 2 aromatic carbocycles. The maximum absolute atomic E-state index is 13.0. The van der Waals surface area contributed by atoms with Gasteiger partial charge < -0.3 is 5.32 Å². The average Bonchev–Trinajstić information content (AvgIpc) is 2.71. The van der Waals surface area contributed by atoms with Gasteiger partial charge in [0.2, 0.25) is 0 Å². The molecule has 2 aromatic rings. The predicted molar refractivity (Wildman–Crippen MR) is 103 cm³/mol. The second kappa shape index (κ2) is 5.66. The van der Waals surface area contributed by atoms with E-state index < -0.39 is 0 Å². The van der Waals surface area contributed by atoms with Gasteiger partial charge in [-0.2, -0.15) is 0 Å². The first kappa shape index (κ1) is 17.1. The van der Waals surface area contributed by atoms with Gasteiger partial charge in [0, 0.05) is 9.79 Å². The van der Waals surface area contributed by atoms with E-state index in [1.807, 2.05) is 0 Å². The van der Waals surface area contributed by atoms with E-state index in [4.69, 9.17) is 0 Å². The number of carbonyl (C=O) groups excluding carboxylic acids is 1. The fraction of sp³-hybridized carbons (Fsp3) is 0.381. The molecule has 1 N–H and O–H groups in total. The molecule has 0 unspecified atom stereocenters. The van der Waals surface area contributed by atoms with Crippen LogP contribution < -0.4 is 5.32 Å². The first-order chi connectivity index (χ1) is 11.2. The minimum Gasteiger partial charge on any atom is -0.321 e. The highest BCUT2D eigenvalue weighted by Gasteiger charge is 2.28. The van der Waals surface area contributed by atoms with Crippen LogP contribution in [0.5, 0.6) is 0 Å². The van der Waals surface area contributed by atoms with Crippen LogP contribution in [-0.4, -0.2) is 5.91 Å². The normalized spacial score (nSPS) is 13.2. The first-order valence-corrected chi connectivity index (χ1v) is 9.18. The lowest BCUT2D eigenvalue weighted by atomic mass is 9.93. The van der Waals surface area contributed by atoms with Gasteiger partial charge in [-0.1, -0.05) is 11.8 Å². The molecule has 1 heterocycles. The third kappa shape index (κ3) is 2.21. The van der Waals surface area contributed by atoms with Gasteiger partial charge in [-0.25, -0.2) is 0 Å². The van der Waals surface area contributed by atoms with E-state index in [2.05, 4.69) is 60.7 Å². The minimum absolute atomic E-state index is 0.0192. The molecule has 126 valence electrons. The molecule has 0 bridgehead atoms. The zero-order chi connectivity index (χ0) is 17.9. The van der Waals surface area contributed by atoms with Crippen LogP contribution in [-0.2, 0) is 0 Å². The lowest BCUT2D eigenvalue weighted by Crippen LogP contribution is -2.16. The summed E-state index contributed by atoms with van der Waals surface area (Å²) in [6.45, 7) is 17.0. The topological polar surface area (TPSA) is 29.1 Å². The van der Waals surface area contributed by atoms with Gasteiger partial charge in [0.1, 0.15) is 0 Å². The summed E-state index contributed by atoms with van der Waals surface area (Å²) in [5, 5.41) is 3.21. The second-order valence-corrected chi connectivity index (χ2v) is 7.99. The van der Waals surface area contributed by atoms with E-state index in [1.54, 1.807) is 11.8 Å². The monoisotopic (exact) mass is 339 g/mol. The van der Waals surface area contributed by atoms with Crippen molar-refractivity contribution < 1.29 is 4.79 Å². The van der Waals surface area contributed by atoms with Crippen molar-refractivity contribution in [3.8, 4) is 0 Å². The smallest absolute Gasteiger partial charge is 0.257 e. The number of fused-ring (bicyclic) bond motifs is 2. The Kier molecular flexibility index (Phi) is 4.03. The number of hydrogen-bond acceptors (Lipinski definition) is 2. The standard InChI is InChI=1S/C21H25NOS/c1-9-11(3)15(7)19-17(13(9)5)21(23)22-18-14(6)10(2)12(4)16(8)20(18)24-19/h1-8H3,(H,22,23). The molecule has 0 saturated heterocycles. The number of amides is 1. The van der Waals surface area contributed by atoms with Crippen molar-refractivity contribution in [2.75, 3.05) is 5.32 Å². The number of nitrogens with one attached hydrogen (secondary N) is 1. The molecular formula is C21H25NOS. The lowest BCUT2D eigenvalue weighted by molar-refractivity contribution is 0.102. The number of hydrogen-bond donors (Lipinski definition) is 1. The maximum atomic E-state index is 13.0. The van der Waals surface area contributed by atoms with Gasteiger partial charge in [-0.05, 0) is 99.9 Å². The molecule has 24 heavy (non-hydrogen) atoms. The van der Waals surface area contributed by atoms with Crippen molar-refractivity contribution in [3.63, 3.8) is 0 Å². The highest BCUT2D eigenvalue weighted by Crippen LogP contribution is 2.47. The molecular weight excluding hydrogens is 314 g/mol. The summed E-state index contributed by atoms with van der Waals surface area (Å²) in [4.78, 5) is 15.3. The summed E-state index contributed by atoms with van der Waals surface area (Å²) in [5.74, 6) is 0.0192.